The molecule has 2 amide bonds. The summed E-state index contributed by atoms with van der Waals surface area (Å²) in [6.45, 7) is 2.09. The van der Waals surface area contributed by atoms with Crippen molar-refractivity contribution in [2.75, 3.05) is 19.7 Å². The molecule has 0 saturated heterocycles. The maximum atomic E-state index is 13.7. The van der Waals surface area contributed by atoms with Crippen molar-refractivity contribution < 1.29 is 23.2 Å². The minimum Gasteiger partial charge on any atom is -0.484 e. The first-order valence-electron chi connectivity index (χ1n) is 8.86. The van der Waals surface area contributed by atoms with Gasteiger partial charge in [0.1, 0.15) is 11.6 Å². The molecule has 2 aromatic carbocycles. The van der Waals surface area contributed by atoms with Crippen LogP contribution >= 0.6 is 0 Å². The standard InChI is InChI=1S/C20H19FN4O4/c1-13-6-2-5-9-16(13)28-12-17(26)22-10-11-23-19(27)20-24-18(25-29-20)14-7-3-4-8-15(14)21/h2-9H,10-12H2,1H3,(H,22,26)(H,23,27). The number of hydrogen-bond donors (Lipinski definition) is 2. The maximum Gasteiger partial charge on any atom is 0.316 e. The summed E-state index contributed by atoms with van der Waals surface area (Å²) in [7, 11) is 0. The number of halogens is 1. The number of amides is 2. The fourth-order valence-corrected chi connectivity index (χ4v) is 2.43. The van der Waals surface area contributed by atoms with Crippen LogP contribution in [0, 0.1) is 12.7 Å². The normalized spacial score (nSPS) is 10.4. The number of nitrogens with one attached hydrogen (secondary N) is 2. The van der Waals surface area contributed by atoms with Gasteiger partial charge in [0.15, 0.2) is 6.61 Å². The summed E-state index contributed by atoms with van der Waals surface area (Å²) in [5, 5.41) is 8.77. The monoisotopic (exact) mass is 398 g/mol. The lowest BCUT2D eigenvalue weighted by Crippen LogP contribution is -2.36. The predicted molar refractivity (Wildman–Crippen MR) is 102 cm³/mol. The average Bonchev–Trinajstić information content (AvgIpc) is 3.21. The molecular formula is C20H19FN4O4. The van der Waals surface area contributed by atoms with Crippen LogP contribution in [0.15, 0.2) is 53.1 Å². The molecule has 29 heavy (non-hydrogen) atoms. The second-order valence-corrected chi connectivity index (χ2v) is 6.06. The van der Waals surface area contributed by atoms with Crippen LogP contribution in [0.2, 0.25) is 0 Å². The van der Waals surface area contributed by atoms with E-state index in [2.05, 4.69) is 20.8 Å². The quantitative estimate of drug-likeness (QED) is 0.563. The third-order valence-corrected chi connectivity index (χ3v) is 3.92. The molecule has 0 radical (unpaired) electrons. The van der Waals surface area contributed by atoms with Gasteiger partial charge >= 0.3 is 11.8 Å². The molecule has 2 N–H and O–H groups in total. The van der Waals surface area contributed by atoms with Crippen LogP contribution in [0.3, 0.4) is 0 Å². The highest BCUT2D eigenvalue weighted by Crippen LogP contribution is 2.19. The van der Waals surface area contributed by atoms with Crippen molar-refractivity contribution >= 4 is 11.8 Å². The Balaban J connectivity index is 1.41. The van der Waals surface area contributed by atoms with Gasteiger partial charge in [-0.15, -0.1) is 0 Å². The average molecular weight is 398 g/mol. The first-order valence-corrected chi connectivity index (χ1v) is 8.86. The van der Waals surface area contributed by atoms with Crippen molar-refractivity contribution in [2.45, 2.75) is 6.92 Å². The van der Waals surface area contributed by atoms with E-state index in [1.165, 1.54) is 18.2 Å². The highest BCUT2D eigenvalue weighted by Gasteiger charge is 2.17. The molecule has 1 aromatic heterocycles. The van der Waals surface area contributed by atoms with Gasteiger partial charge in [-0.05, 0) is 30.7 Å². The van der Waals surface area contributed by atoms with E-state index in [-0.39, 0.29) is 42.9 Å². The molecule has 0 saturated carbocycles. The fourth-order valence-electron chi connectivity index (χ4n) is 2.43. The van der Waals surface area contributed by atoms with E-state index in [4.69, 9.17) is 9.26 Å². The summed E-state index contributed by atoms with van der Waals surface area (Å²) >= 11 is 0. The third kappa shape index (κ3) is 5.38. The number of carbonyl (C=O) groups excluding carboxylic acids is 2. The van der Waals surface area contributed by atoms with Gasteiger partial charge in [-0.2, -0.15) is 4.98 Å². The Hall–Kier alpha value is -3.75. The number of nitrogens with zero attached hydrogens (tertiary/aromatic N) is 2. The number of aromatic nitrogens is 2. The number of benzene rings is 2. The van der Waals surface area contributed by atoms with Crippen LogP contribution in [-0.2, 0) is 4.79 Å². The largest absolute Gasteiger partial charge is 0.484 e. The number of aryl methyl sites for hydroxylation is 1. The number of rotatable bonds is 8. The fraction of sp³-hybridized carbons (Fsp3) is 0.200. The highest BCUT2D eigenvalue weighted by atomic mass is 19.1. The van der Waals surface area contributed by atoms with Gasteiger partial charge in [0, 0.05) is 13.1 Å². The van der Waals surface area contributed by atoms with Gasteiger partial charge in [-0.25, -0.2) is 4.39 Å². The lowest BCUT2D eigenvalue weighted by atomic mass is 10.2. The summed E-state index contributed by atoms with van der Waals surface area (Å²) < 4.78 is 24.0. The molecule has 0 fully saturated rings. The molecule has 0 bridgehead atoms. The minimum atomic E-state index is -0.620. The Bertz CT molecular complexity index is 1010. The molecule has 150 valence electrons. The van der Waals surface area contributed by atoms with Gasteiger partial charge in [0.25, 0.3) is 5.91 Å². The van der Waals surface area contributed by atoms with Crippen molar-refractivity contribution in [1.82, 2.24) is 20.8 Å². The molecule has 0 spiro atoms. The Labute approximate surface area is 166 Å². The highest BCUT2D eigenvalue weighted by molar-refractivity contribution is 5.89. The molecule has 1 heterocycles. The zero-order valence-corrected chi connectivity index (χ0v) is 15.6. The summed E-state index contributed by atoms with van der Waals surface area (Å²) in [6.07, 6.45) is 0. The second-order valence-electron chi connectivity index (χ2n) is 6.06. The minimum absolute atomic E-state index is 0.0186. The molecule has 0 atom stereocenters. The second kappa shape index (κ2) is 9.45. The molecule has 0 aliphatic rings. The van der Waals surface area contributed by atoms with Crippen LogP contribution in [-0.4, -0.2) is 41.7 Å². The van der Waals surface area contributed by atoms with Crippen LogP contribution in [0.25, 0.3) is 11.4 Å². The van der Waals surface area contributed by atoms with Crippen molar-refractivity contribution in [1.29, 1.82) is 0 Å². The van der Waals surface area contributed by atoms with Gasteiger partial charge in [0.05, 0.1) is 5.56 Å². The Morgan fingerprint density at radius 1 is 1.07 bits per heavy atom. The van der Waals surface area contributed by atoms with E-state index >= 15 is 0 Å². The first kappa shape index (κ1) is 20.0. The number of ether oxygens (including phenoxy) is 1. The lowest BCUT2D eigenvalue weighted by Gasteiger charge is -2.09. The molecule has 0 aliphatic heterocycles. The predicted octanol–water partition coefficient (Wildman–Crippen LogP) is 2.11. The Kier molecular flexibility index (Phi) is 6.51. The van der Waals surface area contributed by atoms with E-state index in [0.29, 0.717) is 5.75 Å². The smallest absolute Gasteiger partial charge is 0.316 e. The molecule has 0 aliphatic carbocycles. The SMILES string of the molecule is Cc1ccccc1OCC(=O)NCCNC(=O)c1nc(-c2ccccc2F)no1. The van der Waals surface area contributed by atoms with Crippen LogP contribution < -0.4 is 15.4 Å². The topological polar surface area (TPSA) is 106 Å². The summed E-state index contributed by atoms with van der Waals surface area (Å²) in [6, 6.07) is 13.3. The Morgan fingerprint density at radius 2 is 1.79 bits per heavy atom. The zero-order valence-electron chi connectivity index (χ0n) is 15.6. The molecular weight excluding hydrogens is 379 g/mol. The first-order chi connectivity index (χ1) is 14.0. The van der Waals surface area contributed by atoms with Crippen molar-refractivity contribution in [2.24, 2.45) is 0 Å². The molecule has 3 aromatic rings. The number of carbonyl (C=O) groups is 2. The van der Waals surface area contributed by atoms with E-state index in [9.17, 15) is 14.0 Å². The summed E-state index contributed by atoms with van der Waals surface area (Å²) in [4.78, 5) is 27.7. The van der Waals surface area contributed by atoms with Gasteiger partial charge in [-0.1, -0.05) is 35.5 Å². The Morgan fingerprint density at radius 3 is 2.59 bits per heavy atom. The van der Waals surface area contributed by atoms with E-state index in [1.807, 2.05) is 25.1 Å². The third-order valence-electron chi connectivity index (χ3n) is 3.92. The molecule has 0 unspecified atom stereocenters. The van der Waals surface area contributed by atoms with Crippen LogP contribution in [0.5, 0.6) is 5.75 Å². The van der Waals surface area contributed by atoms with Crippen LogP contribution in [0.4, 0.5) is 4.39 Å². The van der Waals surface area contributed by atoms with Crippen molar-refractivity contribution in [3.05, 3.63) is 65.8 Å². The van der Waals surface area contributed by atoms with Crippen LogP contribution in [0.1, 0.15) is 16.2 Å². The van der Waals surface area contributed by atoms with Gasteiger partial charge < -0.3 is 19.9 Å². The molecule has 9 heteroatoms. The number of hydrogen-bond acceptors (Lipinski definition) is 6. The van der Waals surface area contributed by atoms with E-state index in [1.54, 1.807) is 12.1 Å². The summed E-state index contributed by atoms with van der Waals surface area (Å²) in [5.74, 6) is -1.13. The summed E-state index contributed by atoms with van der Waals surface area (Å²) in [5.41, 5.74) is 1.07. The van der Waals surface area contributed by atoms with Crippen molar-refractivity contribution in [3.8, 4) is 17.1 Å². The number of para-hydroxylation sites is 1. The molecule has 8 nitrogen and oxygen atoms in total. The van der Waals surface area contributed by atoms with Gasteiger partial charge in [0.2, 0.25) is 5.82 Å². The lowest BCUT2D eigenvalue weighted by molar-refractivity contribution is -0.123. The van der Waals surface area contributed by atoms with E-state index < -0.39 is 11.7 Å². The zero-order chi connectivity index (χ0) is 20.6. The van der Waals surface area contributed by atoms with Crippen molar-refractivity contribution in [3.63, 3.8) is 0 Å². The van der Waals surface area contributed by atoms with Gasteiger partial charge in [-0.3, -0.25) is 9.59 Å². The maximum absolute atomic E-state index is 13.7. The molecule has 3 rings (SSSR count). The van der Waals surface area contributed by atoms with E-state index in [0.717, 1.165) is 5.56 Å².